The van der Waals surface area contributed by atoms with E-state index in [2.05, 4.69) is 13.5 Å². The predicted molar refractivity (Wildman–Crippen MR) is 252 cm³/mol. The Hall–Kier alpha value is -1.83. The van der Waals surface area contributed by atoms with Gasteiger partial charge in [-0.3, -0.25) is 4.79 Å². The van der Waals surface area contributed by atoms with Crippen LogP contribution in [0.4, 0.5) is 0 Å². The van der Waals surface area contributed by atoms with Gasteiger partial charge in [0, 0.05) is 0 Å². The molecule has 9 aliphatic rings. The van der Waals surface area contributed by atoms with Crippen LogP contribution in [-0.2, 0) is 52.2 Å². The molecule has 0 aromatic carbocycles. The highest BCUT2D eigenvalue weighted by molar-refractivity contribution is 5.77. The lowest BCUT2D eigenvalue weighted by atomic mass is 9.41. The van der Waals surface area contributed by atoms with Gasteiger partial charge in [-0.2, -0.15) is 0 Å². The van der Waals surface area contributed by atoms with Crippen molar-refractivity contribution in [1.29, 1.82) is 0 Å². The first-order valence-corrected chi connectivity index (χ1v) is 26.9. The third-order valence-electron chi connectivity index (χ3n) is 19.2. The summed E-state index contributed by atoms with van der Waals surface area (Å²) in [5, 5.41) is 182. The van der Waals surface area contributed by atoms with Crippen LogP contribution in [-0.4, -0.2) is 285 Å². The third-order valence-corrected chi connectivity index (χ3v) is 19.2. The summed E-state index contributed by atoms with van der Waals surface area (Å²) in [6, 6.07) is 0. The molecule has 0 unspecified atom stereocenters. The Morgan fingerprint density at radius 1 is 0.487 bits per heavy atom. The van der Waals surface area contributed by atoms with Crippen LogP contribution in [0, 0.1) is 28.1 Å². The fourth-order valence-corrected chi connectivity index (χ4v) is 15.0. The van der Waals surface area contributed by atoms with Crippen LogP contribution in [0.1, 0.15) is 71.6 Å². The van der Waals surface area contributed by atoms with E-state index in [0.717, 1.165) is 6.42 Å². The van der Waals surface area contributed by atoms with Crippen molar-refractivity contribution in [3.05, 3.63) is 12.2 Å². The highest BCUT2D eigenvalue weighted by Crippen LogP contribution is 2.74. The van der Waals surface area contributed by atoms with Gasteiger partial charge in [0.2, 0.25) is 6.29 Å². The van der Waals surface area contributed by atoms with Crippen LogP contribution in [0.3, 0.4) is 0 Å². The zero-order valence-electron chi connectivity index (χ0n) is 43.3. The van der Waals surface area contributed by atoms with Gasteiger partial charge >= 0.3 is 5.97 Å². The molecule has 17 N–H and O–H groups in total. The summed E-state index contributed by atoms with van der Waals surface area (Å²) >= 11 is 0. The minimum absolute atomic E-state index is 0.0405. The molecular formula is C50H80O28. The van der Waals surface area contributed by atoms with Gasteiger partial charge in [-0.05, 0) is 86.5 Å². The second kappa shape index (κ2) is 23.3. The van der Waals surface area contributed by atoms with Crippen LogP contribution in [0.2, 0.25) is 0 Å². The number of ether oxygens (including phenoxy) is 10. The zero-order valence-corrected chi connectivity index (χ0v) is 43.3. The topological polar surface area (TPSA) is 453 Å². The van der Waals surface area contributed by atoms with E-state index in [1.165, 1.54) is 0 Å². The number of aliphatic hydroxyl groups is 17. The molecule has 0 aromatic heterocycles. The molecule has 4 saturated carbocycles. The SMILES string of the molecule is C=C1C[C@@]23CC[C@H]4[C@@](C)(CCC[C@]4(C)C(=O)O[C@@H]4O[C@H](CO)[C@@H](O)[C@H](O)[C@H]4O)[C@@H]2CC[C@]1(O[C@@H]1O[C@H](CO)[C@@H](O)[C@H](O[C@@H]2O[C@H](CO)[C@@H](O)[C@H](O)[C@H]2O)[C@H]1O[C@@H]1O[C@H](CO)[C@@H](O)[C@H](O[C@H]2O[C@H](CO)[C@@H](O)[C@H](O)[C@H]2O)[C@H]1O)C3. The number of fused-ring (bicyclic) bond motifs is 3. The average molecular weight is 1130 g/mol. The molecule has 4 aliphatic carbocycles. The van der Waals surface area contributed by atoms with Gasteiger partial charge in [-0.25, -0.2) is 0 Å². The van der Waals surface area contributed by atoms with Crippen LogP contribution >= 0.6 is 0 Å². The fourth-order valence-electron chi connectivity index (χ4n) is 15.0. The van der Waals surface area contributed by atoms with Gasteiger partial charge in [0.05, 0.1) is 44.1 Å². The average Bonchev–Trinajstić information content (AvgIpc) is 3.69. The second-order valence-electron chi connectivity index (χ2n) is 23.6. The van der Waals surface area contributed by atoms with Crippen molar-refractivity contribution < 1.29 is 139 Å². The quantitative estimate of drug-likeness (QED) is 0.0411. The van der Waals surface area contributed by atoms with Crippen molar-refractivity contribution in [2.45, 2.75) is 231 Å². The number of rotatable bonds is 15. The van der Waals surface area contributed by atoms with Crippen molar-refractivity contribution >= 4 is 5.97 Å². The first kappa shape index (κ1) is 60.8. The van der Waals surface area contributed by atoms with E-state index < -0.39 is 214 Å². The maximum absolute atomic E-state index is 14.4. The monoisotopic (exact) mass is 1130 g/mol. The zero-order chi connectivity index (χ0) is 56.7. The third kappa shape index (κ3) is 10.3. The molecule has 2 bridgehead atoms. The number of carbonyl (C=O) groups is 1. The first-order chi connectivity index (χ1) is 36.9. The first-order valence-electron chi connectivity index (χ1n) is 26.9. The summed E-state index contributed by atoms with van der Waals surface area (Å²) in [5.41, 5.74) is -2.68. The minimum atomic E-state index is -2.14. The van der Waals surface area contributed by atoms with Gasteiger partial charge in [-0.15, -0.1) is 0 Å². The molecule has 5 saturated heterocycles. The lowest BCUT2D eigenvalue weighted by Gasteiger charge is -2.64. The summed E-state index contributed by atoms with van der Waals surface area (Å²) in [7, 11) is 0. The molecule has 5 heterocycles. The molecule has 78 heavy (non-hydrogen) atoms. The summed E-state index contributed by atoms with van der Waals surface area (Å²) in [5.74, 6) is -0.957. The van der Waals surface area contributed by atoms with Gasteiger partial charge in [-0.1, -0.05) is 19.9 Å². The lowest BCUT2D eigenvalue weighted by Crippen LogP contribution is -2.68. The predicted octanol–water partition coefficient (Wildman–Crippen LogP) is -7.29. The maximum atomic E-state index is 14.4. The summed E-state index contributed by atoms with van der Waals surface area (Å²) < 4.78 is 60.2. The van der Waals surface area contributed by atoms with Gasteiger partial charge in [0.15, 0.2) is 25.2 Å². The molecule has 0 aromatic rings. The Morgan fingerprint density at radius 3 is 1.44 bits per heavy atom. The van der Waals surface area contributed by atoms with E-state index in [-0.39, 0.29) is 11.8 Å². The molecule has 1 spiro atoms. The molecule has 28 nitrogen and oxygen atoms in total. The smallest absolute Gasteiger partial charge is 0.314 e. The van der Waals surface area contributed by atoms with Crippen LogP contribution in [0.5, 0.6) is 0 Å². The standard InChI is InChI=1S/C50H80O28/c1-18-11-49-9-5-24-47(2,7-4-8-48(24,3)46(68)77-43-36(66)33(63)28(58)21(14-53)71-43)25(49)6-10-50(18,17-49)78-45-40(39(30(60)23(16-55)73-45)75-42-35(65)32(62)27(57)20(13-52)70-42)76-44-37(67)38(29(59)22(15-54)72-44)74-41-34(64)31(61)26(56)19(12-51)69-41/h19-45,51-67H,1,4-17H2,2-3H3/t19-,20-,21-,22-,23-,24+,25+,26-,27-,28-,29-,30-,31+,32+,33+,34-,35-,36-,37-,38+,39+,40-,41-,42+,43+,44+,45+,47-,48+,49-,50+/m1/s1. The molecule has 9 rings (SSSR count). The lowest BCUT2D eigenvalue weighted by molar-refractivity contribution is -0.406. The van der Waals surface area contributed by atoms with E-state index >= 15 is 0 Å². The molecule has 31 atom stereocenters. The van der Waals surface area contributed by atoms with Crippen LogP contribution in [0.25, 0.3) is 0 Å². The largest absolute Gasteiger partial charge is 0.432 e. The summed E-state index contributed by atoms with van der Waals surface area (Å²) in [4.78, 5) is 14.4. The van der Waals surface area contributed by atoms with Crippen molar-refractivity contribution in [1.82, 2.24) is 0 Å². The molecule has 0 amide bonds. The Morgan fingerprint density at radius 2 is 0.910 bits per heavy atom. The summed E-state index contributed by atoms with van der Waals surface area (Å²) in [6.07, 6.45) is -40.7. The van der Waals surface area contributed by atoms with Gasteiger partial charge < -0.3 is 134 Å². The minimum Gasteiger partial charge on any atom is -0.432 e. The number of aliphatic hydroxyl groups excluding tert-OH is 17. The van der Waals surface area contributed by atoms with Crippen LogP contribution in [0.15, 0.2) is 12.2 Å². The fraction of sp³-hybridized carbons (Fsp3) is 0.940. The molecule has 448 valence electrons. The van der Waals surface area contributed by atoms with Crippen LogP contribution < -0.4 is 0 Å². The summed E-state index contributed by atoms with van der Waals surface area (Å²) in [6.45, 7) is 4.23. The number of carbonyl (C=O) groups excluding carboxylic acids is 1. The van der Waals surface area contributed by atoms with E-state index in [1.807, 2.05) is 6.92 Å². The highest BCUT2D eigenvalue weighted by Gasteiger charge is 2.70. The van der Waals surface area contributed by atoms with Crippen molar-refractivity contribution in [3.63, 3.8) is 0 Å². The van der Waals surface area contributed by atoms with E-state index in [0.29, 0.717) is 56.9 Å². The van der Waals surface area contributed by atoms with Gasteiger partial charge in [0.1, 0.15) is 122 Å². The Kier molecular flexibility index (Phi) is 18.2. The molecule has 28 heteroatoms. The molecule has 0 radical (unpaired) electrons. The molecule has 5 aliphatic heterocycles. The Balaban J connectivity index is 1.00. The number of esters is 1. The van der Waals surface area contributed by atoms with Crippen molar-refractivity contribution in [2.75, 3.05) is 33.0 Å². The Labute approximate surface area is 448 Å². The van der Waals surface area contributed by atoms with E-state index in [4.69, 9.17) is 47.4 Å². The highest BCUT2D eigenvalue weighted by atomic mass is 16.8. The number of hydrogen-bond acceptors (Lipinski definition) is 28. The molecule has 9 fully saturated rings. The Bertz CT molecular complexity index is 2070. The van der Waals surface area contributed by atoms with E-state index in [1.54, 1.807) is 0 Å². The normalized spacial score (nSPS) is 54.5. The van der Waals surface area contributed by atoms with Crippen molar-refractivity contribution in [3.8, 4) is 0 Å². The van der Waals surface area contributed by atoms with Crippen molar-refractivity contribution in [2.24, 2.45) is 28.1 Å². The maximum Gasteiger partial charge on any atom is 0.314 e. The number of hydrogen-bond donors (Lipinski definition) is 17. The van der Waals surface area contributed by atoms with E-state index in [9.17, 15) is 91.6 Å². The van der Waals surface area contributed by atoms with Gasteiger partial charge in [0.25, 0.3) is 0 Å². The molecular weight excluding hydrogens is 1050 g/mol. The second-order valence-corrected chi connectivity index (χ2v) is 23.6.